The van der Waals surface area contributed by atoms with Gasteiger partial charge in [0.2, 0.25) is 0 Å². The number of rotatable bonds is 9. The number of aryl methyl sites for hydroxylation is 1. The first-order valence-corrected chi connectivity index (χ1v) is 9.03. The van der Waals surface area contributed by atoms with Crippen LogP contribution in [0.5, 0.6) is 0 Å². The molecule has 7 nitrogen and oxygen atoms in total. The third-order valence-electron chi connectivity index (χ3n) is 4.79. The van der Waals surface area contributed by atoms with Gasteiger partial charge in [-0.05, 0) is 31.0 Å². The molecule has 3 unspecified atom stereocenters. The van der Waals surface area contributed by atoms with Crippen molar-refractivity contribution in [1.82, 2.24) is 30.9 Å². The quantitative estimate of drug-likeness (QED) is 0.588. The number of methoxy groups -OCH3 is 1. The lowest BCUT2D eigenvalue weighted by Crippen LogP contribution is -2.31. The maximum Gasteiger partial charge on any atom is 0.149 e. The molecule has 1 aromatic carbocycles. The molecule has 3 atom stereocenters. The number of benzene rings is 1. The Kier molecular flexibility index (Phi) is 6.67. The van der Waals surface area contributed by atoms with Gasteiger partial charge in [-0.25, -0.2) is 9.82 Å². The number of nitrogens with zero attached hydrogens (tertiary/aromatic N) is 3. The lowest BCUT2D eigenvalue weighted by atomic mass is 9.94. The second-order valence-corrected chi connectivity index (χ2v) is 6.67. The maximum atomic E-state index is 13.2. The van der Waals surface area contributed by atoms with Crippen LogP contribution in [0.3, 0.4) is 0 Å². The van der Waals surface area contributed by atoms with E-state index in [1.165, 1.54) is 12.1 Å². The third kappa shape index (κ3) is 4.64. The molecule has 1 aromatic heterocycles. The molecule has 2 heterocycles. The van der Waals surface area contributed by atoms with Gasteiger partial charge in [0, 0.05) is 39.3 Å². The molecule has 8 heteroatoms. The SMILES string of the molecule is COCCCn1cnnc1C(C)NCC1CNNC1c1ccc(F)cc1. The van der Waals surface area contributed by atoms with E-state index in [2.05, 4.69) is 37.9 Å². The summed E-state index contributed by atoms with van der Waals surface area (Å²) in [6.07, 6.45) is 2.69. The molecule has 142 valence electrons. The van der Waals surface area contributed by atoms with Gasteiger partial charge in [0.05, 0.1) is 12.1 Å². The van der Waals surface area contributed by atoms with Crippen LogP contribution in [-0.4, -0.2) is 41.6 Å². The molecule has 3 rings (SSSR count). The summed E-state index contributed by atoms with van der Waals surface area (Å²) in [6.45, 7) is 5.32. The number of hydrogen-bond acceptors (Lipinski definition) is 6. The molecule has 1 aliphatic heterocycles. The highest BCUT2D eigenvalue weighted by Crippen LogP contribution is 2.25. The van der Waals surface area contributed by atoms with E-state index in [-0.39, 0.29) is 17.9 Å². The van der Waals surface area contributed by atoms with Crippen LogP contribution in [-0.2, 0) is 11.3 Å². The minimum atomic E-state index is -0.212. The van der Waals surface area contributed by atoms with Gasteiger partial charge < -0.3 is 14.6 Å². The number of hydrazine groups is 1. The van der Waals surface area contributed by atoms with Crippen molar-refractivity contribution >= 4 is 0 Å². The summed E-state index contributed by atoms with van der Waals surface area (Å²) in [5.74, 6) is 1.07. The van der Waals surface area contributed by atoms with Crippen LogP contribution in [0.1, 0.15) is 36.8 Å². The van der Waals surface area contributed by atoms with Crippen LogP contribution < -0.4 is 16.2 Å². The molecule has 0 spiro atoms. The van der Waals surface area contributed by atoms with Crippen LogP contribution in [0.2, 0.25) is 0 Å². The number of aromatic nitrogens is 3. The summed E-state index contributed by atoms with van der Waals surface area (Å²) in [7, 11) is 1.71. The fourth-order valence-corrected chi connectivity index (χ4v) is 3.32. The van der Waals surface area contributed by atoms with Crippen molar-refractivity contribution < 1.29 is 9.13 Å². The largest absolute Gasteiger partial charge is 0.385 e. The van der Waals surface area contributed by atoms with Crippen LogP contribution in [0.4, 0.5) is 4.39 Å². The smallest absolute Gasteiger partial charge is 0.149 e. The summed E-state index contributed by atoms with van der Waals surface area (Å²) in [5.41, 5.74) is 7.58. The van der Waals surface area contributed by atoms with Gasteiger partial charge in [-0.15, -0.1) is 10.2 Å². The van der Waals surface area contributed by atoms with E-state index < -0.39 is 0 Å². The number of halogens is 1. The third-order valence-corrected chi connectivity index (χ3v) is 4.79. The molecule has 3 N–H and O–H groups in total. The van der Waals surface area contributed by atoms with E-state index in [9.17, 15) is 4.39 Å². The zero-order valence-corrected chi connectivity index (χ0v) is 15.3. The highest BCUT2D eigenvalue weighted by atomic mass is 19.1. The normalized spacial score (nSPS) is 21.2. The van der Waals surface area contributed by atoms with E-state index in [4.69, 9.17) is 4.74 Å². The van der Waals surface area contributed by atoms with Crippen molar-refractivity contribution in [2.75, 3.05) is 26.8 Å². The van der Waals surface area contributed by atoms with E-state index in [0.29, 0.717) is 5.92 Å². The Hall–Kier alpha value is -1.87. The molecule has 1 fully saturated rings. The molecule has 1 aliphatic rings. The highest BCUT2D eigenvalue weighted by Gasteiger charge is 2.28. The maximum absolute atomic E-state index is 13.2. The Bertz CT molecular complexity index is 677. The van der Waals surface area contributed by atoms with Gasteiger partial charge in [-0.2, -0.15) is 0 Å². The van der Waals surface area contributed by atoms with Crippen molar-refractivity contribution in [1.29, 1.82) is 0 Å². The predicted molar refractivity (Wildman–Crippen MR) is 96.7 cm³/mol. The lowest BCUT2D eigenvalue weighted by molar-refractivity contribution is 0.189. The van der Waals surface area contributed by atoms with Crippen molar-refractivity contribution in [3.63, 3.8) is 0 Å². The Morgan fingerprint density at radius 3 is 2.96 bits per heavy atom. The zero-order chi connectivity index (χ0) is 18.4. The average molecular weight is 362 g/mol. The van der Waals surface area contributed by atoms with E-state index in [0.717, 1.165) is 44.0 Å². The molecule has 26 heavy (non-hydrogen) atoms. The summed E-state index contributed by atoms with van der Waals surface area (Å²) < 4.78 is 20.3. The first kappa shape index (κ1) is 18.9. The van der Waals surface area contributed by atoms with Gasteiger partial charge in [0.1, 0.15) is 18.0 Å². The summed E-state index contributed by atoms with van der Waals surface area (Å²) in [5, 5.41) is 11.9. The Balaban J connectivity index is 1.56. The first-order valence-electron chi connectivity index (χ1n) is 9.03. The molecule has 0 saturated carbocycles. The average Bonchev–Trinajstić information content (AvgIpc) is 3.30. The van der Waals surface area contributed by atoms with Gasteiger partial charge in [-0.3, -0.25) is 5.43 Å². The van der Waals surface area contributed by atoms with Gasteiger partial charge >= 0.3 is 0 Å². The molecular weight excluding hydrogens is 335 g/mol. The second kappa shape index (κ2) is 9.18. The van der Waals surface area contributed by atoms with Gasteiger partial charge in [-0.1, -0.05) is 12.1 Å². The van der Waals surface area contributed by atoms with Gasteiger partial charge in [0.15, 0.2) is 0 Å². The first-order chi connectivity index (χ1) is 12.7. The van der Waals surface area contributed by atoms with Crippen molar-refractivity contribution in [3.8, 4) is 0 Å². The lowest BCUT2D eigenvalue weighted by Gasteiger charge is -2.22. The standard InChI is InChI=1S/C18H27FN6O/c1-13(18-24-22-12-25(18)8-3-9-26-2)20-10-15-11-21-23-17(15)14-4-6-16(19)7-5-14/h4-7,12-13,15,17,20-21,23H,3,8-11H2,1-2H3. The summed E-state index contributed by atoms with van der Waals surface area (Å²) in [6, 6.07) is 6.92. The molecule has 1 saturated heterocycles. The fourth-order valence-electron chi connectivity index (χ4n) is 3.32. The fraction of sp³-hybridized carbons (Fsp3) is 0.556. The molecular formula is C18H27FN6O. The van der Waals surface area contributed by atoms with Crippen LogP contribution in [0.15, 0.2) is 30.6 Å². The topological polar surface area (TPSA) is 76.0 Å². The van der Waals surface area contributed by atoms with Crippen LogP contribution in [0.25, 0.3) is 0 Å². The molecule has 0 aliphatic carbocycles. The Labute approximate surface area is 153 Å². The van der Waals surface area contributed by atoms with E-state index in [1.807, 2.05) is 12.1 Å². The molecule has 2 aromatic rings. The predicted octanol–water partition coefficient (Wildman–Crippen LogP) is 1.57. The number of hydrogen-bond donors (Lipinski definition) is 3. The van der Waals surface area contributed by atoms with Crippen molar-refractivity contribution in [2.45, 2.75) is 32.0 Å². The van der Waals surface area contributed by atoms with Gasteiger partial charge in [0.25, 0.3) is 0 Å². The van der Waals surface area contributed by atoms with Crippen LogP contribution >= 0.6 is 0 Å². The number of nitrogens with one attached hydrogen (secondary N) is 3. The van der Waals surface area contributed by atoms with Crippen molar-refractivity contribution in [2.24, 2.45) is 5.92 Å². The Morgan fingerprint density at radius 1 is 1.38 bits per heavy atom. The Morgan fingerprint density at radius 2 is 2.19 bits per heavy atom. The second-order valence-electron chi connectivity index (χ2n) is 6.67. The molecule has 0 amide bonds. The zero-order valence-electron chi connectivity index (χ0n) is 15.3. The minimum Gasteiger partial charge on any atom is -0.385 e. The van der Waals surface area contributed by atoms with Crippen LogP contribution in [0, 0.1) is 11.7 Å². The van der Waals surface area contributed by atoms with E-state index >= 15 is 0 Å². The number of ether oxygens (including phenoxy) is 1. The summed E-state index contributed by atoms with van der Waals surface area (Å²) >= 11 is 0. The van der Waals surface area contributed by atoms with E-state index in [1.54, 1.807) is 13.4 Å². The van der Waals surface area contributed by atoms with Crippen molar-refractivity contribution in [3.05, 3.63) is 47.8 Å². The minimum absolute atomic E-state index is 0.0921. The molecule has 0 bridgehead atoms. The summed E-state index contributed by atoms with van der Waals surface area (Å²) in [4.78, 5) is 0. The molecule has 0 radical (unpaired) electrons. The monoisotopic (exact) mass is 362 g/mol. The highest BCUT2D eigenvalue weighted by molar-refractivity contribution is 5.21.